The van der Waals surface area contributed by atoms with E-state index in [-0.39, 0.29) is 18.1 Å². The number of piperidine rings is 2. The molecule has 192 valence electrons. The van der Waals surface area contributed by atoms with Gasteiger partial charge in [-0.05, 0) is 90.3 Å². The summed E-state index contributed by atoms with van der Waals surface area (Å²) >= 11 is 0. The lowest BCUT2D eigenvalue weighted by Gasteiger charge is -2.38. The van der Waals surface area contributed by atoms with Crippen molar-refractivity contribution >= 4 is 23.8 Å². The van der Waals surface area contributed by atoms with E-state index in [0.29, 0.717) is 44.9 Å². The maximum absolute atomic E-state index is 13.1. The summed E-state index contributed by atoms with van der Waals surface area (Å²) in [6, 6.07) is 6.30. The minimum atomic E-state index is -0.610. The van der Waals surface area contributed by atoms with Gasteiger partial charge in [0.15, 0.2) is 0 Å². The molecule has 0 unspecified atom stereocenters. The number of nitrogens with zero attached hydrogens (tertiary/aromatic N) is 2. The van der Waals surface area contributed by atoms with E-state index in [2.05, 4.69) is 17.4 Å². The zero-order chi connectivity index (χ0) is 25.6. The predicted octanol–water partition coefficient (Wildman–Crippen LogP) is 5.02. The van der Waals surface area contributed by atoms with E-state index in [1.165, 1.54) is 5.56 Å². The van der Waals surface area contributed by atoms with Crippen LogP contribution < -0.4 is 5.32 Å². The molecule has 0 aromatic heterocycles. The Morgan fingerprint density at radius 2 is 1.40 bits per heavy atom. The number of fused-ring (bicyclic) bond motifs is 2. The molecule has 0 bridgehead atoms. The fourth-order valence-electron chi connectivity index (χ4n) is 5.30. The Bertz CT molecular complexity index is 991. The van der Waals surface area contributed by atoms with E-state index >= 15 is 0 Å². The summed E-state index contributed by atoms with van der Waals surface area (Å²) < 4.78 is 11.0. The molecule has 8 heteroatoms. The van der Waals surface area contributed by atoms with Crippen molar-refractivity contribution in [2.24, 2.45) is 0 Å². The molecule has 2 fully saturated rings. The topological polar surface area (TPSA) is 88.2 Å². The predicted molar refractivity (Wildman–Crippen MR) is 134 cm³/mol. The van der Waals surface area contributed by atoms with Gasteiger partial charge < -0.3 is 24.6 Å². The molecule has 1 aromatic rings. The van der Waals surface area contributed by atoms with Crippen LogP contribution in [-0.4, -0.2) is 65.3 Å². The van der Waals surface area contributed by atoms with Crippen LogP contribution in [0.2, 0.25) is 0 Å². The lowest BCUT2D eigenvalue weighted by atomic mass is 9.72. The number of likely N-dealkylation sites (tertiary alicyclic amines) is 2. The number of carbonyl (C=O) groups is 3. The van der Waals surface area contributed by atoms with E-state index in [9.17, 15) is 14.4 Å². The normalized spacial score (nSPS) is 20.5. The van der Waals surface area contributed by atoms with Crippen molar-refractivity contribution in [1.82, 2.24) is 9.80 Å². The van der Waals surface area contributed by atoms with Gasteiger partial charge in [0.05, 0.1) is 5.41 Å². The number of rotatable bonds is 1. The Labute approximate surface area is 208 Å². The molecule has 3 heterocycles. The summed E-state index contributed by atoms with van der Waals surface area (Å²) in [5.41, 5.74) is 1.46. The summed E-state index contributed by atoms with van der Waals surface area (Å²) in [4.78, 5) is 41.6. The molecule has 0 aliphatic carbocycles. The highest BCUT2D eigenvalue weighted by Crippen LogP contribution is 2.46. The molecule has 1 aromatic carbocycles. The van der Waals surface area contributed by atoms with Crippen LogP contribution in [0, 0.1) is 0 Å². The maximum atomic E-state index is 13.1. The van der Waals surface area contributed by atoms with E-state index in [0.717, 1.165) is 24.1 Å². The summed E-state index contributed by atoms with van der Waals surface area (Å²) in [6.07, 6.45) is 2.29. The molecular weight excluding hydrogens is 446 g/mol. The first-order valence-corrected chi connectivity index (χ1v) is 12.7. The van der Waals surface area contributed by atoms with Gasteiger partial charge in [-0.2, -0.15) is 0 Å². The van der Waals surface area contributed by atoms with Gasteiger partial charge in [0.25, 0.3) is 0 Å². The molecule has 3 aliphatic heterocycles. The van der Waals surface area contributed by atoms with Gasteiger partial charge in [-0.15, -0.1) is 0 Å². The maximum Gasteiger partial charge on any atom is 0.410 e. The number of carbonyl (C=O) groups excluding carboxylic acids is 3. The second-order valence-electron chi connectivity index (χ2n) is 12.1. The van der Waals surface area contributed by atoms with Crippen LogP contribution in [-0.2, 0) is 19.7 Å². The Kier molecular flexibility index (Phi) is 6.53. The van der Waals surface area contributed by atoms with Crippen LogP contribution >= 0.6 is 0 Å². The number of ether oxygens (including phenoxy) is 2. The Hall–Kier alpha value is -2.77. The van der Waals surface area contributed by atoms with E-state index in [1.807, 2.05) is 47.6 Å². The largest absolute Gasteiger partial charge is 0.444 e. The van der Waals surface area contributed by atoms with Crippen molar-refractivity contribution in [3.8, 4) is 0 Å². The summed E-state index contributed by atoms with van der Waals surface area (Å²) in [6.45, 7) is 13.5. The van der Waals surface area contributed by atoms with Crippen molar-refractivity contribution in [2.75, 3.05) is 31.5 Å². The van der Waals surface area contributed by atoms with E-state index < -0.39 is 16.6 Å². The van der Waals surface area contributed by atoms with Crippen LogP contribution in [0.5, 0.6) is 0 Å². The summed E-state index contributed by atoms with van der Waals surface area (Å²) in [5.74, 6) is 0.349. The average Bonchev–Trinajstić information content (AvgIpc) is 3.02. The van der Waals surface area contributed by atoms with Crippen molar-refractivity contribution in [3.05, 3.63) is 29.3 Å². The van der Waals surface area contributed by atoms with Gasteiger partial charge in [0.2, 0.25) is 5.91 Å². The number of hydrogen-bond donors (Lipinski definition) is 1. The second kappa shape index (κ2) is 9.03. The SMILES string of the molecule is CC(C)(C)OC(=O)N1CCC(c2ccc3c(c2)C2(CCN(C(=O)OC(C)(C)C)CC2)C(=O)N3)CC1. The van der Waals surface area contributed by atoms with Gasteiger partial charge in [-0.1, -0.05) is 12.1 Å². The average molecular weight is 486 g/mol. The van der Waals surface area contributed by atoms with Crippen LogP contribution in [0.3, 0.4) is 0 Å². The van der Waals surface area contributed by atoms with Gasteiger partial charge in [0.1, 0.15) is 11.2 Å². The second-order valence-corrected chi connectivity index (χ2v) is 12.1. The fraction of sp³-hybridized carbons (Fsp3) is 0.667. The molecule has 2 saturated heterocycles. The number of nitrogens with one attached hydrogen (secondary N) is 1. The molecule has 0 saturated carbocycles. The van der Waals surface area contributed by atoms with Crippen LogP contribution in [0.25, 0.3) is 0 Å². The fourth-order valence-corrected chi connectivity index (χ4v) is 5.30. The molecular formula is C27H39N3O5. The first-order chi connectivity index (χ1) is 16.3. The number of hydrogen-bond acceptors (Lipinski definition) is 5. The van der Waals surface area contributed by atoms with Crippen molar-refractivity contribution in [2.45, 2.75) is 89.8 Å². The molecule has 0 atom stereocenters. The molecule has 4 rings (SSSR count). The molecule has 3 aliphatic rings. The molecule has 1 spiro atoms. The number of anilines is 1. The third-order valence-corrected chi connectivity index (χ3v) is 7.13. The Balaban J connectivity index is 1.44. The van der Waals surface area contributed by atoms with Gasteiger partial charge in [-0.25, -0.2) is 9.59 Å². The number of amides is 3. The highest BCUT2D eigenvalue weighted by Gasteiger charge is 2.49. The Morgan fingerprint density at radius 1 is 0.886 bits per heavy atom. The first-order valence-electron chi connectivity index (χ1n) is 12.7. The third kappa shape index (κ3) is 5.41. The highest BCUT2D eigenvalue weighted by atomic mass is 16.6. The van der Waals surface area contributed by atoms with E-state index in [1.54, 1.807) is 9.80 Å². The van der Waals surface area contributed by atoms with Crippen LogP contribution in [0.1, 0.15) is 84.3 Å². The standard InChI is InChI=1S/C27H39N3O5/c1-25(2,3)34-23(32)29-13-9-18(10-14-29)19-7-8-21-20(17-19)27(22(31)28-21)11-15-30(16-12-27)24(33)35-26(4,5)6/h7-8,17-18H,9-16H2,1-6H3,(H,28,31). The van der Waals surface area contributed by atoms with Crippen molar-refractivity contribution in [3.63, 3.8) is 0 Å². The lowest BCUT2D eigenvalue weighted by Crippen LogP contribution is -2.49. The van der Waals surface area contributed by atoms with Crippen molar-refractivity contribution in [1.29, 1.82) is 0 Å². The lowest BCUT2D eigenvalue weighted by molar-refractivity contribution is -0.122. The molecule has 35 heavy (non-hydrogen) atoms. The summed E-state index contributed by atoms with van der Waals surface area (Å²) in [5, 5.41) is 3.07. The summed E-state index contributed by atoms with van der Waals surface area (Å²) in [7, 11) is 0. The zero-order valence-corrected chi connectivity index (χ0v) is 21.9. The van der Waals surface area contributed by atoms with Crippen LogP contribution in [0.15, 0.2) is 18.2 Å². The van der Waals surface area contributed by atoms with Gasteiger partial charge in [-0.3, -0.25) is 4.79 Å². The van der Waals surface area contributed by atoms with Gasteiger partial charge in [0, 0.05) is 31.9 Å². The van der Waals surface area contributed by atoms with E-state index in [4.69, 9.17) is 9.47 Å². The highest BCUT2D eigenvalue weighted by molar-refractivity contribution is 6.06. The molecule has 0 radical (unpaired) electrons. The molecule has 8 nitrogen and oxygen atoms in total. The smallest absolute Gasteiger partial charge is 0.410 e. The minimum absolute atomic E-state index is 0.0215. The van der Waals surface area contributed by atoms with Crippen LogP contribution in [0.4, 0.5) is 15.3 Å². The van der Waals surface area contributed by atoms with Crippen molar-refractivity contribution < 1.29 is 23.9 Å². The monoisotopic (exact) mass is 485 g/mol. The van der Waals surface area contributed by atoms with Gasteiger partial charge >= 0.3 is 12.2 Å². The first kappa shape index (κ1) is 25.3. The Morgan fingerprint density at radius 3 is 1.91 bits per heavy atom. The minimum Gasteiger partial charge on any atom is -0.444 e. The molecule has 3 amide bonds. The molecule has 1 N–H and O–H groups in total. The quantitative estimate of drug-likeness (QED) is 0.603. The zero-order valence-electron chi connectivity index (χ0n) is 21.9. The number of benzene rings is 1. The third-order valence-electron chi connectivity index (χ3n) is 7.13.